The smallest absolute Gasteiger partial charge is 0.0826 e. The molecule has 0 fully saturated rings. The molecule has 0 bridgehead atoms. The fraction of sp³-hybridized carbons (Fsp3) is 0.833. The van der Waals surface area contributed by atoms with E-state index in [-0.39, 0.29) is 0 Å². The van der Waals surface area contributed by atoms with Gasteiger partial charge in [-0.1, -0.05) is 25.3 Å². The van der Waals surface area contributed by atoms with Gasteiger partial charge in [-0.3, -0.25) is 0 Å². The van der Waals surface area contributed by atoms with Crippen molar-refractivity contribution in [2.24, 2.45) is 0 Å². The second-order valence-electron chi connectivity index (χ2n) is 4.52. The summed E-state index contributed by atoms with van der Waals surface area (Å²) < 4.78 is 4.02. The van der Waals surface area contributed by atoms with E-state index in [2.05, 4.69) is 41.0 Å². The van der Waals surface area contributed by atoms with Gasteiger partial charge in [-0.2, -0.15) is 0 Å². The van der Waals surface area contributed by atoms with Crippen molar-refractivity contribution < 1.29 is 0 Å². The molecule has 1 aromatic rings. The zero-order valence-electron chi connectivity index (χ0n) is 11.1. The molecule has 0 unspecified atom stereocenters. The first-order valence-electron chi connectivity index (χ1n) is 6.48. The van der Waals surface area contributed by atoms with Gasteiger partial charge in [0.15, 0.2) is 0 Å². The lowest BCUT2D eigenvalue weighted by Crippen LogP contribution is -2.22. The molecule has 98 valence electrons. The Morgan fingerprint density at radius 1 is 1.18 bits per heavy atom. The summed E-state index contributed by atoms with van der Waals surface area (Å²) >= 11 is 1.51. The summed E-state index contributed by atoms with van der Waals surface area (Å²) in [6.07, 6.45) is 2.38. The van der Waals surface area contributed by atoms with E-state index in [1.807, 2.05) is 0 Å². The minimum atomic E-state index is 0.469. The average Bonchev–Trinajstić information content (AvgIpc) is 2.76. The monoisotopic (exact) mass is 256 g/mol. The predicted molar refractivity (Wildman–Crippen MR) is 73.5 cm³/mol. The van der Waals surface area contributed by atoms with E-state index in [1.165, 1.54) is 29.3 Å². The molecule has 5 heteroatoms. The molecule has 1 heterocycles. The van der Waals surface area contributed by atoms with Crippen molar-refractivity contribution in [2.45, 2.75) is 46.1 Å². The predicted octanol–water partition coefficient (Wildman–Crippen LogP) is 2.14. The molecule has 0 aromatic carbocycles. The first kappa shape index (κ1) is 14.5. The number of nitrogens with zero attached hydrogens (tertiary/aromatic N) is 2. The van der Waals surface area contributed by atoms with E-state index in [1.54, 1.807) is 0 Å². The third-order valence-corrected chi connectivity index (χ3v) is 3.29. The lowest BCUT2D eigenvalue weighted by atomic mass is 10.1. The van der Waals surface area contributed by atoms with Gasteiger partial charge < -0.3 is 10.6 Å². The molecule has 0 saturated carbocycles. The van der Waals surface area contributed by atoms with Crippen molar-refractivity contribution >= 4 is 11.5 Å². The van der Waals surface area contributed by atoms with Gasteiger partial charge in [-0.05, 0) is 49.9 Å². The van der Waals surface area contributed by atoms with Crippen molar-refractivity contribution in [3.8, 4) is 0 Å². The average molecular weight is 256 g/mol. The Hall–Kier alpha value is -0.520. The van der Waals surface area contributed by atoms with Crippen LogP contribution in [0, 0.1) is 0 Å². The highest BCUT2D eigenvalue weighted by molar-refractivity contribution is 7.05. The molecule has 0 amide bonds. The van der Waals surface area contributed by atoms with Crippen LogP contribution < -0.4 is 10.6 Å². The van der Waals surface area contributed by atoms with E-state index >= 15 is 0 Å². The normalized spacial score (nSPS) is 11.3. The molecule has 0 atom stereocenters. The summed E-state index contributed by atoms with van der Waals surface area (Å²) in [5.74, 6) is 0.469. The maximum atomic E-state index is 4.17. The van der Waals surface area contributed by atoms with Crippen LogP contribution in [0.25, 0.3) is 0 Å². The van der Waals surface area contributed by atoms with E-state index in [9.17, 15) is 0 Å². The number of hydrogen-bond acceptors (Lipinski definition) is 5. The van der Waals surface area contributed by atoms with E-state index in [0.717, 1.165) is 31.9 Å². The van der Waals surface area contributed by atoms with Gasteiger partial charge in [-0.15, -0.1) is 5.10 Å². The van der Waals surface area contributed by atoms with Gasteiger partial charge in [0.2, 0.25) is 0 Å². The Bertz CT molecular complexity index is 298. The first-order chi connectivity index (χ1) is 8.25. The van der Waals surface area contributed by atoms with Gasteiger partial charge in [0.25, 0.3) is 0 Å². The topological polar surface area (TPSA) is 49.8 Å². The molecule has 0 saturated heterocycles. The molecular weight excluding hydrogens is 232 g/mol. The summed E-state index contributed by atoms with van der Waals surface area (Å²) in [6, 6.07) is 0. The molecule has 1 rings (SSSR count). The Morgan fingerprint density at radius 3 is 2.65 bits per heavy atom. The zero-order valence-corrected chi connectivity index (χ0v) is 11.9. The highest BCUT2D eigenvalue weighted by atomic mass is 32.1. The largest absolute Gasteiger partial charge is 0.317 e. The fourth-order valence-electron chi connectivity index (χ4n) is 1.62. The fourth-order valence-corrected chi connectivity index (χ4v) is 2.38. The first-order valence-corrected chi connectivity index (χ1v) is 7.25. The molecule has 0 spiro atoms. The molecule has 4 nitrogen and oxygen atoms in total. The molecule has 0 radical (unpaired) electrons. The van der Waals surface area contributed by atoms with Crippen LogP contribution in [0.5, 0.6) is 0 Å². The van der Waals surface area contributed by atoms with Crippen LogP contribution in [-0.4, -0.2) is 29.2 Å². The standard InChI is InChI=1S/C12H24N4S/c1-4-6-13-7-5-8-14-9-11-12(10(2)3)15-16-17-11/h10,13-14H,4-9H2,1-3H3. The van der Waals surface area contributed by atoms with Gasteiger partial charge >= 0.3 is 0 Å². The maximum Gasteiger partial charge on any atom is 0.0826 e. The summed E-state index contributed by atoms with van der Waals surface area (Å²) in [5.41, 5.74) is 1.15. The Labute approximate surface area is 108 Å². The number of nitrogens with one attached hydrogen (secondary N) is 2. The number of aromatic nitrogens is 2. The summed E-state index contributed by atoms with van der Waals surface area (Å²) in [7, 11) is 0. The SMILES string of the molecule is CCCNCCCNCc1snnc1C(C)C. The summed E-state index contributed by atoms with van der Waals surface area (Å²) in [5, 5.41) is 11.0. The number of hydrogen-bond donors (Lipinski definition) is 2. The lowest BCUT2D eigenvalue weighted by molar-refractivity contribution is 0.591. The van der Waals surface area contributed by atoms with Gasteiger partial charge in [-0.25, -0.2) is 0 Å². The van der Waals surface area contributed by atoms with Crippen LogP contribution in [0.15, 0.2) is 0 Å². The molecule has 1 aromatic heterocycles. The maximum absolute atomic E-state index is 4.17. The second-order valence-corrected chi connectivity index (χ2v) is 5.36. The molecule has 0 aliphatic heterocycles. The Morgan fingerprint density at radius 2 is 1.94 bits per heavy atom. The molecule has 2 N–H and O–H groups in total. The van der Waals surface area contributed by atoms with E-state index < -0.39 is 0 Å². The third kappa shape index (κ3) is 5.57. The number of rotatable bonds is 9. The summed E-state index contributed by atoms with van der Waals surface area (Å²) in [4.78, 5) is 1.28. The molecule has 17 heavy (non-hydrogen) atoms. The van der Waals surface area contributed by atoms with Crippen LogP contribution in [0.1, 0.15) is 50.1 Å². The van der Waals surface area contributed by atoms with E-state index in [0.29, 0.717) is 5.92 Å². The molecular formula is C12H24N4S. The van der Waals surface area contributed by atoms with Crippen molar-refractivity contribution in [1.82, 2.24) is 20.2 Å². The van der Waals surface area contributed by atoms with Crippen molar-refractivity contribution in [3.63, 3.8) is 0 Å². The molecule has 0 aliphatic rings. The van der Waals surface area contributed by atoms with Gasteiger partial charge in [0.1, 0.15) is 0 Å². The molecule has 0 aliphatic carbocycles. The highest BCUT2D eigenvalue weighted by Crippen LogP contribution is 2.19. The van der Waals surface area contributed by atoms with E-state index in [4.69, 9.17) is 0 Å². The quantitative estimate of drug-likeness (QED) is 0.665. The minimum absolute atomic E-state index is 0.469. The Balaban J connectivity index is 2.11. The van der Waals surface area contributed by atoms with Crippen molar-refractivity contribution in [1.29, 1.82) is 0 Å². The zero-order chi connectivity index (χ0) is 12.5. The van der Waals surface area contributed by atoms with Crippen LogP contribution in [-0.2, 0) is 6.54 Å². The van der Waals surface area contributed by atoms with Gasteiger partial charge in [0.05, 0.1) is 10.6 Å². The van der Waals surface area contributed by atoms with Crippen LogP contribution >= 0.6 is 11.5 Å². The highest BCUT2D eigenvalue weighted by Gasteiger charge is 2.10. The second kappa shape index (κ2) is 8.55. The van der Waals surface area contributed by atoms with Gasteiger partial charge in [0, 0.05) is 6.54 Å². The van der Waals surface area contributed by atoms with Crippen LogP contribution in [0.4, 0.5) is 0 Å². The summed E-state index contributed by atoms with van der Waals surface area (Å²) in [6.45, 7) is 10.7. The van der Waals surface area contributed by atoms with Crippen LogP contribution in [0.3, 0.4) is 0 Å². The Kier molecular flexibility index (Phi) is 7.32. The third-order valence-electron chi connectivity index (χ3n) is 2.55. The minimum Gasteiger partial charge on any atom is -0.317 e. The van der Waals surface area contributed by atoms with Crippen molar-refractivity contribution in [3.05, 3.63) is 10.6 Å². The van der Waals surface area contributed by atoms with Crippen molar-refractivity contribution in [2.75, 3.05) is 19.6 Å². The van der Waals surface area contributed by atoms with Crippen LogP contribution in [0.2, 0.25) is 0 Å². The lowest BCUT2D eigenvalue weighted by Gasteiger charge is -2.06.